The molecule has 0 aliphatic carbocycles. The Morgan fingerprint density at radius 2 is 1.84 bits per heavy atom. The average Bonchev–Trinajstić information content (AvgIpc) is 3.37. The Balaban J connectivity index is 1.57. The number of nitrogens with one attached hydrogen (secondary N) is 2. The Morgan fingerprint density at radius 1 is 1.12 bits per heavy atom. The summed E-state index contributed by atoms with van der Waals surface area (Å²) in [7, 11) is 1.88. The van der Waals surface area contributed by atoms with Gasteiger partial charge in [0.15, 0.2) is 5.76 Å². The molecule has 0 radical (unpaired) electrons. The summed E-state index contributed by atoms with van der Waals surface area (Å²) in [5.41, 5.74) is 1.60. The van der Waals surface area contributed by atoms with E-state index in [2.05, 4.69) is 15.8 Å². The number of carbonyl (C=O) groups excluding carboxylic acids is 2. The van der Waals surface area contributed by atoms with Crippen molar-refractivity contribution >= 4 is 23.3 Å². The molecule has 274 valence electrons. The van der Waals surface area contributed by atoms with Crippen molar-refractivity contribution < 1.29 is 41.9 Å². The molecule has 2 aromatic carbocycles. The van der Waals surface area contributed by atoms with E-state index < -0.39 is 23.8 Å². The summed E-state index contributed by atoms with van der Waals surface area (Å²) in [6.45, 7) is 10.3. The number of ether oxygens (including phenoxy) is 2. The molecule has 2 heterocycles. The quantitative estimate of drug-likeness (QED) is 0.232. The van der Waals surface area contributed by atoms with Crippen LogP contribution in [-0.2, 0) is 17.5 Å². The number of urea groups is 1. The van der Waals surface area contributed by atoms with E-state index in [4.69, 9.17) is 14.0 Å². The third-order valence-corrected chi connectivity index (χ3v) is 8.81. The van der Waals surface area contributed by atoms with Crippen molar-refractivity contribution in [3.05, 3.63) is 70.6 Å². The number of hydrogen-bond acceptors (Lipinski definition) is 8. The molecule has 14 heteroatoms. The number of nitrogens with zero attached hydrogens (tertiary/aromatic N) is 3. The van der Waals surface area contributed by atoms with Gasteiger partial charge in [-0.3, -0.25) is 9.69 Å². The second-order valence-corrected chi connectivity index (χ2v) is 13.2. The molecule has 0 bridgehead atoms. The third kappa shape index (κ3) is 10.4. The van der Waals surface area contributed by atoms with Gasteiger partial charge in [-0.2, -0.15) is 13.2 Å². The lowest BCUT2D eigenvalue weighted by molar-refractivity contribution is -0.137. The molecule has 50 heavy (non-hydrogen) atoms. The first kappa shape index (κ1) is 38.7. The van der Waals surface area contributed by atoms with Crippen LogP contribution in [0.25, 0.3) is 0 Å². The number of alkyl halides is 3. The van der Waals surface area contributed by atoms with Crippen LogP contribution in [-0.4, -0.2) is 83.6 Å². The number of aromatic nitrogens is 1. The summed E-state index contributed by atoms with van der Waals surface area (Å²) in [6, 6.07) is 8.90. The topological polar surface area (TPSA) is 129 Å². The van der Waals surface area contributed by atoms with Gasteiger partial charge in [0, 0.05) is 37.8 Å². The molecule has 1 aliphatic rings. The molecule has 0 unspecified atom stereocenters. The molecule has 1 aliphatic heterocycles. The monoisotopic (exact) mass is 703 g/mol. The number of aliphatic hydroxyl groups excluding tert-OH is 1. The molecule has 0 saturated heterocycles. The van der Waals surface area contributed by atoms with Crippen molar-refractivity contribution in [2.24, 2.45) is 5.92 Å². The highest BCUT2D eigenvalue weighted by molar-refractivity contribution is 6.03. The summed E-state index contributed by atoms with van der Waals surface area (Å²) < 4.78 is 57.0. The second-order valence-electron chi connectivity index (χ2n) is 13.2. The highest BCUT2D eigenvalue weighted by Gasteiger charge is 2.32. The van der Waals surface area contributed by atoms with Crippen LogP contribution in [0.1, 0.15) is 73.0 Å². The maximum Gasteiger partial charge on any atom is 0.416 e. The number of aryl methyl sites for hydroxylation is 2. The Kier molecular flexibility index (Phi) is 13.3. The molecule has 3 N–H and O–H groups in total. The molecule has 0 spiro atoms. The molecule has 0 fully saturated rings. The minimum Gasteiger partial charge on any atom is -0.490 e. The van der Waals surface area contributed by atoms with Gasteiger partial charge in [-0.15, -0.1) is 0 Å². The van der Waals surface area contributed by atoms with Crippen LogP contribution < -0.4 is 15.4 Å². The minimum absolute atomic E-state index is 0.198. The Morgan fingerprint density at radius 3 is 2.48 bits per heavy atom. The van der Waals surface area contributed by atoms with Crippen molar-refractivity contribution in [3.63, 3.8) is 0 Å². The summed E-state index contributed by atoms with van der Waals surface area (Å²) in [4.78, 5) is 30.8. The van der Waals surface area contributed by atoms with Crippen LogP contribution in [0.15, 0.2) is 47.0 Å². The van der Waals surface area contributed by atoms with Crippen LogP contribution in [0.2, 0.25) is 0 Å². The lowest BCUT2D eigenvalue weighted by atomic mass is 10.0. The average molecular weight is 704 g/mol. The fourth-order valence-electron chi connectivity index (χ4n) is 5.88. The van der Waals surface area contributed by atoms with Crippen molar-refractivity contribution in [2.45, 2.75) is 84.9 Å². The van der Waals surface area contributed by atoms with Crippen LogP contribution in [0, 0.1) is 19.8 Å². The molecular weight excluding hydrogens is 655 g/mol. The van der Waals surface area contributed by atoms with Gasteiger partial charge >= 0.3 is 12.2 Å². The molecule has 0 saturated carbocycles. The Hall–Kier alpha value is -4.14. The normalized spacial score (nSPS) is 20.1. The first-order valence-electron chi connectivity index (χ1n) is 16.9. The third-order valence-electron chi connectivity index (χ3n) is 8.81. The van der Waals surface area contributed by atoms with Gasteiger partial charge < -0.3 is 34.6 Å². The zero-order valence-corrected chi connectivity index (χ0v) is 29.5. The van der Waals surface area contributed by atoms with Gasteiger partial charge in [0.1, 0.15) is 17.1 Å². The smallest absolute Gasteiger partial charge is 0.416 e. The van der Waals surface area contributed by atoms with E-state index in [1.165, 1.54) is 12.1 Å². The van der Waals surface area contributed by atoms with Gasteiger partial charge in [-0.25, -0.2) is 4.79 Å². The van der Waals surface area contributed by atoms with Gasteiger partial charge in [-0.1, -0.05) is 24.2 Å². The number of rotatable bonds is 8. The predicted octanol–water partition coefficient (Wildman–Crippen LogP) is 6.88. The van der Waals surface area contributed by atoms with Crippen LogP contribution in [0.4, 0.5) is 29.3 Å². The van der Waals surface area contributed by atoms with E-state index in [1.54, 1.807) is 43.9 Å². The van der Waals surface area contributed by atoms with Crippen molar-refractivity contribution in [1.29, 1.82) is 0 Å². The minimum atomic E-state index is -4.40. The van der Waals surface area contributed by atoms with Gasteiger partial charge in [0.25, 0.3) is 5.91 Å². The maximum atomic E-state index is 14.4. The molecule has 3 aromatic rings. The van der Waals surface area contributed by atoms with E-state index in [9.17, 15) is 27.9 Å². The zero-order chi connectivity index (χ0) is 36.6. The number of fused-ring (bicyclic) bond motifs is 1. The fraction of sp³-hybridized carbons (Fsp3) is 0.528. The number of halogens is 3. The number of benzene rings is 2. The predicted molar refractivity (Wildman–Crippen MR) is 183 cm³/mol. The first-order chi connectivity index (χ1) is 23.7. The van der Waals surface area contributed by atoms with Crippen molar-refractivity contribution in [3.8, 4) is 5.75 Å². The number of aliphatic hydroxyl groups is 1. The molecule has 3 amide bonds. The number of anilines is 2. The van der Waals surface area contributed by atoms with E-state index in [-0.39, 0.29) is 42.7 Å². The largest absolute Gasteiger partial charge is 0.490 e. The number of carbonyl (C=O) groups is 2. The number of hydrogen-bond donors (Lipinski definition) is 3. The first-order valence-corrected chi connectivity index (χ1v) is 16.9. The molecule has 11 nitrogen and oxygen atoms in total. The fourth-order valence-corrected chi connectivity index (χ4v) is 5.88. The summed E-state index contributed by atoms with van der Waals surface area (Å²) in [6.07, 6.45) is -2.63. The number of amides is 3. The molecule has 4 rings (SSSR count). The van der Waals surface area contributed by atoms with E-state index in [0.29, 0.717) is 54.7 Å². The van der Waals surface area contributed by atoms with Crippen molar-refractivity contribution in [2.75, 3.05) is 44.0 Å². The van der Waals surface area contributed by atoms with E-state index in [0.717, 1.165) is 30.5 Å². The maximum absolute atomic E-state index is 14.4. The van der Waals surface area contributed by atoms with E-state index >= 15 is 0 Å². The lowest BCUT2D eigenvalue weighted by Gasteiger charge is -2.36. The van der Waals surface area contributed by atoms with Crippen LogP contribution >= 0.6 is 0 Å². The Bertz CT molecular complexity index is 1560. The highest BCUT2D eigenvalue weighted by Crippen LogP contribution is 2.31. The molecule has 1 aromatic heterocycles. The summed E-state index contributed by atoms with van der Waals surface area (Å²) >= 11 is 0. The standard InChI is InChI=1S/C36H48F3N5O6/c1-22-18-44(23(2)21-45)34(46)30-17-29(40-35(47)41-33-25(4)42-50-26(33)5)14-15-31(30)49-24(3)9-7-8-16-48-32(22)20-43(6)19-27-10-12-28(13-11-27)36(37,38)39/h10-15,17,22-24,32,45H,7-9,16,18-21H2,1-6H3,(H2,40,41,47)/t22-,23+,24-,32+/m1/s1. The van der Waals surface area contributed by atoms with Gasteiger partial charge in [0.05, 0.1) is 36.0 Å². The summed E-state index contributed by atoms with van der Waals surface area (Å²) in [5, 5.41) is 19.6. The number of likely N-dealkylation sites (N-methyl/N-ethyl adjacent to an activating group) is 1. The van der Waals surface area contributed by atoms with Gasteiger partial charge in [-0.05, 0) is 89.9 Å². The lowest BCUT2D eigenvalue weighted by Crippen LogP contribution is -2.47. The van der Waals surface area contributed by atoms with Crippen LogP contribution in [0.3, 0.4) is 0 Å². The van der Waals surface area contributed by atoms with E-state index in [1.807, 2.05) is 25.8 Å². The summed E-state index contributed by atoms with van der Waals surface area (Å²) in [5.74, 6) is 0.235. The Labute approximate surface area is 291 Å². The van der Waals surface area contributed by atoms with Crippen molar-refractivity contribution in [1.82, 2.24) is 15.0 Å². The molecule has 4 atom stereocenters. The second kappa shape index (κ2) is 17.2. The SMILES string of the molecule is Cc1noc(C)c1NC(=O)Nc1ccc2c(c1)C(=O)N([C@@H](C)CO)C[C@@H](C)[C@H](CN(C)Cc1ccc(C(F)(F)F)cc1)OCCCC[C@@H](C)O2. The van der Waals surface area contributed by atoms with Gasteiger partial charge in [0.2, 0.25) is 0 Å². The highest BCUT2D eigenvalue weighted by atomic mass is 19.4. The molecular formula is C36H48F3N5O6. The zero-order valence-electron chi connectivity index (χ0n) is 29.5. The van der Waals surface area contributed by atoms with Crippen LogP contribution in [0.5, 0.6) is 5.75 Å².